The molecular weight excluding hydrogens is 633 g/mol. The van der Waals surface area contributed by atoms with Crippen molar-refractivity contribution in [2.24, 2.45) is 5.41 Å². The molecular formula is C44H52N4O3. The Morgan fingerprint density at radius 1 is 0.824 bits per heavy atom. The summed E-state index contributed by atoms with van der Waals surface area (Å²) in [5.41, 5.74) is 3.40. The average Bonchev–Trinajstić information content (AvgIpc) is 3.43. The van der Waals surface area contributed by atoms with Crippen LogP contribution in [0, 0.1) is 12.3 Å². The van der Waals surface area contributed by atoms with Gasteiger partial charge >= 0.3 is 6.03 Å². The maximum absolute atomic E-state index is 14.9. The lowest BCUT2D eigenvalue weighted by molar-refractivity contribution is -0.204. The molecule has 7 nitrogen and oxygen atoms in total. The van der Waals surface area contributed by atoms with Crippen molar-refractivity contribution in [2.75, 3.05) is 23.8 Å². The predicted octanol–water partition coefficient (Wildman–Crippen LogP) is 9.12. The molecule has 1 heterocycles. The first-order valence-electron chi connectivity index (χ1n) is 18.7. The molecule has 266 valence electrons. The molecule has 2 saturated carbocycles. The lowest BCUT2D eigenvalue weighted by Crippen LogP contribution is -2.72. The minimum Gasteiger partial charge on any atom is -0.371 e. The second kappa shape index (κ2) is 13.5. The van der Waals surface area contributed by atoms with Gasteiger partial charge in [-0.1, -0.05) is 98.8 Å². The van der Waals surface area contributed by atoms with Crippen LogP contribution in [-0.2, 0) is 12.1 Å². The summed E-state index contributed by atoms with van der Waals surface area (Å²) in [6, 6.07) is 36.4. The lowest BCUT2D eigenvalue weighted by Gasteiger charge is -2.65. The predicted molar refractivity (Wildman–Crippen MR) is 205 cm³/mol. The van der Waals surface area contributed by atoms with Crippen molar-refractivity contribution in [3.8, 4) is 0 Å². The van der Waals surface area contributed by atoms with E-state index in [0.717, 1.165) is 49.8 Å². The summed E-state index contributed by atoms with van der Waals surface area (Å²) in [4.78, 5) is 34.9. The Morgan fingerprint density at radius 2 is 1.45 bits per heavy atom. The Kier molecular flexibility index (Phi) is 9.21. The monoisotopic (exact) mass is 684 g/mol. The van der Waals surface area contributed by atoms with Crippen molar-refractivity contribution in [2.45, 2.75) is 95.5 Å². The zero-order chi connectivity index (χ0) is 35.9. The molecule has 3 aliphatic rings. The second-order valence-electron chi connectivity index (χ2n) is 15.2. The summed E-state index contributed by atoms with van der Waals surface area (Å²) < 4.78 is 0. The molecule has 4 aromatic rings. The van der Waals surface area contributed by atoms with Crippen molar-refractivity contribution < 1.29 is 14.7 Å². The van der Waals surface area contributed by atoms with Crippen LogP contribution in [0.3, 0.4) is 0 Å². The van der Waals surface area contributed by atoms with Gasteiger partial charge in [0.2, 0.25) is 0 Å². The molecule has 1 aliphatic heterocycles. The van der Waals surface area contributed by atoms with E-state index in [1.54, 1.807) is 0 Å². The summed E-state index contributed by atoms with van der Waals surface area (Å²) in [6.07, 6.45) is 6.21. The number of anilines is 2. The second-order valence-corrected chi connectivity index (χ2v) is 15.2. The molecule has 2 atom stereocenters. The van der Waals surface area contributed by atoms with E-state index in [4.69, 9.17) is 0 Å². The van der Waals surface area contributed by atoms with Gasteiger partial charge in [-0.3, -0.25) is 9.69 Å². The maximum Gasteiger partial charge on any atom is 0.323 e. The Bertz CT molecular complexity index is 1870. The van der Waals surface area contributed by atoms with Gasteiger partial charge in [-0.25, -0.2) is 4.79 Å². The molecule has 1 spiro atoms. The number of hydrogen-bond donors (Lipinski definition) is 2. The Hall–Kier alpha value is -4.62. The molecule has 2 aliphatic carbocycles. The number of aryl methyl sites for hydroxylation is 1. The third-order valence-electron chi connectivity index (χ3n) is 12.9. The largest absolute Gasteiger partial charge is 0.371 e. The van der Waals surface area contributed by atoms with Crippen LogP contribution < -0.4 is 10.2 Å². The minimum absolute atomic E-state index is 0.124. The average molecular weight is 685 g/mol. The number of amides is 3. The number of para-hydroxylation sites is 2. The third-order valence-corrected chi connectivity index (χ3v) is 12.9. The fraction of sp³-hybridized carbons (Fsp3) is 0.409. The van der Waals surface area contributed by atoms with Crippen LogP contribution >= 0.6 is 0 Å². The molecule has 4 aromatic carbocycles. The van der Waals surface area contributed by atoms with Crippen LogP contribution in [0.5, 0.6) is 0 Å². The van der Waals surface area contributed by atoms with Crippen molar-refractivity contribution >= 4 is 23.3 Å². The molecule has 3 fully saturated rings. The first kappa shape index (κ1) is 34.8. The molecule has 1 saturated heterocycles. The number of nitrogens with one attached hydrogen (secondary N) is 1. The van der Waals surface area contributed by atoms with Crippen LogP contribution in [0.25, 0.3) is 0 Å². The van der Waals surface area contributed by atoms with Gasteiger partial charge in [0.15, 0.2) is 0 Å². The normalized spacial score (nSPS) is 23.6. The maximum atomic E-state index is 14.9. The fourth-order valence-electron chi connectivity index (χ4n) is 9.89. The van der Waals surface area contributed by atoms with Gasteiger partial charge in [0, 0.05) is 37.1 Å². The van der Waals surface area contributed by atoms with E-state index in [1.807, 2.05) is 64.4 Å². The number of nitrogens with zero attached hydrogens (tertiary/aromatic N) is 3. The number of carbonyl (C=O) groups is 2. The third kappa shape index (κ3) is 5.70. The zero-order valence-corrected chi connectivity index (χ0v) is 30.6. The smallest absolute Gasteiger partial charge is 0.323 e. The summed E-state index contributed by atoms with van der Waals surface area (Å²) >= 11 is 0. The van der Waals surface area contributed by atoms with Crippen molar-refractivity contribution in [1.29, 1.82) is 0 Å². The lowest BCUT2D eigenvalue weighted by atomic mass is 9.51. The SMILES string of the molecule is CCC1(CC)C[C@@](c2ccccc2)(N(C)c2ccccc2C)CC[C@@]12CN(Cc1ccccc1C(=O)Nc1ccccc1)C(=O)N2C1(O)CCC1. The number of hydrogen-bond acceptors (Lipinski definition) is 4. The highest BCUT2D eigenvalue weighted by molar-refractivity contribution is 6.05. The summed E-state index contributed by atoms with van der Waals surface area (Å²) in [5.74, 6) is -0.200. The van der Waals surface area contributed by atoms with E-state index in [1.165, 1.54) is 16.8 Å². The van der Waals surface area contributed by atoms with Gasteiger partial charge in [0.05, 0.1) is 11.1 Å². The van der Waals surface area contributed by atoms with E-state index in [0.29, 0.717) is 31.5 Å². The van der Waals surface area contributed by atoms with Crippen molar-refractivity contribution in [1.82, 2.24) is 9.80 Å². The number of carbonyl (C=O) groups excluding carboxylic acids is 2. The number of benzene rings is 4. The van der Waals surface area contributed by atoms with Gasteiger partial charge in [-0.15, -0.1) is 0 Å². The van der Waals surface area contributed by atoms with E-state index in [-0.39, 0.29) is 22.9 Å². The Labute approximate surface area is 303 Å². The van der Waals surface area contributed by atoms with E-state index < -0.39 is 11.3 Å². The fourth-order valence-corrected chi connectivity index (χ4v) is 9.89. The van der Waals surface area contributed by atoms with E-state index >= 15 is 0 Å². The Morgan fingerprint density at radius 3 is 2.10 bits per heavy atom. The molecule has 51 heavy (non-hydrogen) atoms. The van der Waals surface area contributed by atoms with Crippen LogP contribution in [0.2, 0.25) is 0 Å². The minimum atomic E-state index is -1.18. The van der Waals surface area contributed by atoms with Gasteiger partial charge in [-0.2, -0.15) is 0 Å². The molecule has 0 aromatic heterocycles. The van der Waals surface area contributed by atoms with Gasteiger partial charge in [0.25, 0.3) is 5.91 Å². The van der Waals surface area contributed by atoms with Gasteiger partial charge in [0.1, 0.15) is 5.72 Å². The molecule has 0 unspecified atom stereocenters. The van der Waals surface area contributed by atoms with Crippen LogP contribution in [0.1, 0.15) is 92.3 Å². The standard InChI is InChI=1S/C44H52N4O3/c1-5-41(6-2)31-42(35-20-9-7-10-21-35,46(4)38-25-16-13-18-33(38)3)28-29-43(41)32-47(40(50)48(43)44(51)26-17-27-44)30-34-19-14-15-24-37(34)39(49)45-36-22-11-8-12-23-36/h7-16,18-25,51H,5-6,17,26-32H2,1-4H3,(H,45,49)/t42-,43+/m0/s1. The van der Waals surface area contributed by atoms with Gasteiger partial charge < -0.3 is 20.2 Å². The highest BCUT2D eigenvalue weighted by Gasteiger charge is 2.69. The van der Waals surface area contributed by atoms with Gasteiger partial charge in [-0.05, 0) is 105 Å². The number of aliphatic hydroxyl groups is 1. The quantitative estimate of drug-likeness (QED) is 0.175. The van der Waals surface area contributed by atoms with Crippen molar-refractivity contribution in [3.63, 3.8) is 0 Å². The van der Waals surface area contributed by atoms with E-state index in [9.17, 15) is 14.7 Å². The number of rotatable bonds is 10. The van der Waals surface area contributed by atoms with Crippen molar-refractivity contribution in [3.05, 3.63) is 131 Å². The highest BCUT2D eigenvalue weighted by atomic mass is 16.3. The first-order chi connectivity index (χ1) is 24.6. The van der Waals surface area contributed by atoms with Crippen LogP contribution in [-0.4, -0.2) is 51.7 Å². The summed E-state index contributed by atoms with van der Waals surface area (Å²) in [7, 11) is 2.24. The van der Waals surface area contributed by atoms with Crippen LogP contribution in [0.4, 0.5) is 16.2 Å². The van der Waals surface area contributed by atoms with E-state index in [2.05, 4.69) is 92.6 Å². The molecule has 3 amide bonds. The first-order valence-corrected chi connectivity index (χ1v) is 18.7. The molecule has 0 bridgehead atoms. The Balaban J connectivity index is 1.29. The summed E-state index contributed by atoms with van der Waals surface area (Å²) in [6.45, 7) is 7.53. The number of urea groups is 1. The molecule has 7 rings (SSSR count). The molecule has 7 heteroatoms. The molecule has 2 N–H and O–H groups in total. The zero-order valence-electron chi connectivity index (χ0n) is 30.6. The summed E-state index contributed by atoms with van der Waals surface area (Å²) in [5, 5.41) is 15.3. The topological polar surface area (TPSA) is 76.1 Å². The van der Waals surface area contributed by atoms with Crippen LogP contribution in [0.15, 0.2) is 109 Å². The highest BCUT2D eigenvalue weighted by Crippen LogP contribution is 2.64. The molecule has 0 radical (unpaired) electrons.